The van der Waals surface area contributed by atoms with Gasteiger partial charge in [-0.2, -0.15) is 0 Å². The van der Waals surface area contributed by atoms with Crippen molar-refractivity contribution in [3.63, 3.8) is 0 Å². The Labute approximate surface area is 117 Å². The van der Waals surface area contributed by atoms with Crippen LogP contribution in [-0.4, -0.2) is 24.8 Å². The molecule has 1 heterocycles. The molecule has 19 heavy (non-hydrogen) atoms. The van der Waals surface area contributed by atoms with Crippen LogP contribution in [0.3, 0.4) is 0 Å². The molecule has 1 unspecified atom stereocenters. The molecule has 0 spiro atoms. The quantitative estimate of drug-likeness (QED) is 0.793. The molecule has 0 aromatic heterocycles. The van der Waals surface area contributed by atoms with Crippen LogP contribution < -0.4 is 5.73 Å². The second-order valence-electron chi connectivity index (χ2n) is 8.23. The van der Waals surface area contributed by atoms with E-state index in [1.165, 1.54) is 12.8 Å². The van der Waals surface area contributed by atoms with Crippen LogP contribution >= 0.6 is 0 Å². The molecule has 3 aliphatic carbocycles. The predicted molar refractivity (Wildman–Crippen MR) is 76.2 cm³/mol. The first-order valence-corrected chi connectivity index (χ1v) is 7.91. The van der Waals surface area contributed by atoms with E-state index in [1.807, 2.05) is 0 Å². The third kappa shape index (κ3) is 1.90. The Morgan fingerprint density at radius 1 is 1.26 bits per heavy atom. The van der Waals surface area contributed by atoms with Crippen LogP contribution in [0.2, 0.25) is 0 Å². The minimum absolute atomic E-state index is 0.0736. The average Bonchev–Trinajstić information content (AvgIpc) is 2.64. The molecule has 1 saturated heterocycles. The summed E-state index contributed by atoms with van der Waals surface area (Å²) >= 11 is 0. The van der Waals surface area contributed by atoms with E-state index in [-0.39, 0.29) is 18.7 Å². The lowest BCUT2D eigenvalue weighted by Crippen LogP contribution is -2.69. The van der Waals surface area contributed by atoms with Gasteiger partial charge in [0.1, 0.15) is 5.94 Å². The van der Waals surface area contributed by atoms with Gasteiger partial charge in [0.2, 0.25) is 0 Å². The molecular formula is C15H29BNO2+. The number of hydrogen-bond acceptors (Lipinski definition) is 2. The van der Waals surface area contributed by atoms with E-state index in [2.05, 4.69) is 40.4 Å². The summed E-state index contributed by atoms with van der Waals surface area (Å²) in [4.78, 5) is 0. The van der Waals surface area contributed by atoms with Crippen LogP contribution in [0.4, 0.5) is 0 Å². The van der Waals surface area contributed by atoms with E-state index < -0.39 is 0 Å². The van der Waals surface area contributed by atoms with Crippen molar-refractivity contribution in [2.75, 3.05) is 0 Å². The summed E-state index contributed by atoms with van der Waals surface area (Å²) in [6.07, 6.45) is 3.86. The SMILES string of the molecule is CC(C)C[C@H]([NH3+])B1O[C@@H]2CC3C[C@@H](C3(C)C)[C@]2(C)O1. The molecule has 4 heteroatoms. The maximum Gasteiger partial charge on any atom is 0.521 e. The molecule has 3 nitrogen and oxygen atoms in total. The molecule has 4 aliphatic rings. The third-order valence-electron chi connectivity index (χ3n) is 6.13. The van der Waals surface area contributed by atoms with Crippen molar-refractivity contribution < 1.29 is 15.0 Å². The summed E-state index contributed by atoms with van der Waals surface area (Å²) in [6, 6.07) is 0. The highest BCUT2D eigenvalue weighted by Gasteiger charge is 2.68. The standard InChI is InChI=1S/C15H28BNO2/c1-9(2)6-13(17)16-18-12-8-10-7-11(14(10,3)4)15(12,5)19-16/h9-13H,6-8,17H2,1-5H3/p+1/t10?,11-,12+,13-,15-/m0/s1. The van der Waals surface area contributed by atoms with Gasteiger partial charge in [-0.15, -0.1) is 0 Å². The average molecular weight is 266 g/mol. The van der Waals surface area contributed by atoms with Gasteiger partial charge in [-0.25, -0.2) is 0 Å². The van der Waals surface area contributed by atoms with Gasteiger partial charge in [-0.3, -0.25) is 0 Å². The lowest BCUT2D eigenvalue weighted by Gasteiger charge is -2.64. The summed E-state index contributed by atoms with van der Waals surface area (Å²) < 4.78 is 12.7. The van der Waals surface area contributed by atoms with Crippen LogP contribution in [0.5, 0.6) is 0 Å². The van der Waals surface area contributed by atoms with E-state index in [9.17, 15) is 0 Å². The first kappa shape index (κ1) is 13.9. The van der Waals surface area contributed by atoms with Gasteiger partial charge < -0.3 is 15.0 Å². The van der Waals surface area contributed by atoms with Gasteiger partial charge >= 0.3 is 7.12 Å². The molecule has 0 radical (unpaired) electrons. The van der Waals surface area contributed by atoms with Crippen molar-refractivity contribution in [1.29, 1.82) is 0 Å². The van der Waals surface area contributed by atoms with Crippen molar-refractivity contribution >= 4 is 7.12 Å². The van der Waals surface area contributed by atoms with E-state index in [1.54, 1.807) is 0 Å². The van der Waals surface area contributed by atoms with Gasteiger partial charge in [0.05, 0.1) is 11.7 Å². The molecule has 0 amide bonds. The van der Waals surface area contributed by atoms with Gasteiger partial charge in [-0.1, -0.05) is 27.7 Å². The fraction of sp³-hybridized carbons (Fsp3) is 1.00. The Bertz CT molecular complexity index is 373. The summed E-state index contributed by atoms with van der Waals surface area (Å²) in [6.45, 7) is 11.6. The summed E-state index contributed by atoms with van der Waals surface area (Å²) in [5.74, 6) is 2.38. The highest BCUT2D eigenvalue weighted by molar-refractivity contribution is 6.46. The molecule has 2 bridgehead atoms. The van der Waals surface area contributed by atoms with Crippen molar-refractivity contribution in [1.82, 2.24) is 0 Å². The molecule has 108 valence electrons. The minimum Gasteiger partial charge on any atom is -0.401 e. The topological polar surface area (TPSA) is 46.1 Å². The van der Waals surface area contributed by atoms with E-state index in [0.717, 1.165) is 12.3 Å². The lowest BCUT2D eigenvalue weighted by atomic mass is 9.43. The summed E-state index contributed by atoms with van der Waals surface area (Å²) in [7, 11) is -0.0902. The molecule has 3 N–H and O–H groups in total. The zero-order valence-electron chi connectivity index (χ0n) is 13.1. The highest BCUT2D eigenvalue weighted by atomic mass is 16.7. The number of rotatable bonds is 3. The maximum atomic E-state index is 6.42. The summed E-state index contributed by atoms with van der Waals surface area (Å²) in [5.41, 5.74) is 4.63. The molecule has 3 saturated carbocycles. The van der Waals surface area contributed by atoms with Crippen LogP contribution in [-0.2, 0) is 9.31 Å². The van der Waals surface area contributed by atoms with Crippen molar-refractivity contribution in [3.8, 4) is 0 Å². The Balaban J connectivity index is 1.74. The maximum absolute atomic E-state index is 6.42. The first-order chi connectivity index (χ1) is 8.75. The Morgan fingerprint density at radius 3 is 2.53 bits per heavy atom. The number of quaternary nitrogens is 1. The molecule has 4 fully saturated rings. The number of hydrogen-bond donors (Lipinski definition) is 1. The molecule has 1 aliphatic heterocycles. The van der Waals surface area contributed by atoms with E-state index >= 15 is 0 Å². The van der Waals surface area contributed by atoms with Crippen LogP contribution in [0.15, 0.2) is 0 Å². The monoisotopic (exact) mass is 266 g/mol. The second-order valence-corrected chi connectivity index (χ2v) is 8.23. The molecule has 5 atom stereocenters. The van der Waals surface area contributed by atoms with E-state index in [4.69, 9.17) is 9.31 Å². The van der Waals surface area contributed by atoms with E-state index in [0.29, 0.717) is 23.4 Å². The Morgan fingerprint density at radius 2 is 1.95 bits per heavy atom. The molecular weight excluding hydrogens is 237 g/mol. The third-order valence-corrected chi connectivity index (χ3v) is 6.13. The molecule has 4 rings (SSSR count). The van der Waals surface area contributed by atoms with Gasteiger partial charge in [0.15, 0.2) is 0 Å². The fourth-order valence-corrected chi connectivity index (χ4v) is 4.82. The van der Waals surface area contributed by atoms with Gasteiger partial charge in [0, 0.05) is 0 Å². The van der Waals surface area contributed by atoms with Crippen molar-refractivity contribution in [3.05, 3.63) is 0 Å². The Kier molecular flexibility index (Phi) is 3.09. The van der Waals surface area contributed by atoms with Crippen molar-refractivity contribution in [2.24, 2.45) is 23.2 Å². The fourth-order valence-electron chi connectivity index (χ4n) is 4.82. The van der Waals surface area contributed by atoms with Crippen LogP contribution in [0.1, 0.15) is 53.9 Å². The van der Waals surface area contributed by atoms with Crippen LogP contribution in [0, 0.1) is 23.2 Å². The lowest BCUT2D eigenvalue weighted by molar-refractivity contribution is -0.400. The highest BCUT2D eigenvalue weighted by Crippen LogP contribution is 2.65. The molecule has 0 aromatic carbocycles. The van der Waals surface area contributed by atoms with Crippen molar-refractivity contribution in [2.45, 2.75) is 71.5 Å². The normalized spacial score (nSPS) is 45.0. The Hall–Kier alpha value is -0.0551. The van der Waals surface area contributed by atoms with Gasteiger partial charge in [0.25, 0.3) is 0 Å². The second kappa shape index (κ2) is 4.22. The predicted octanol–water partition coefficient (Wildman–Crippen LogP) is 1.91. The smallest absolute Gasteiger partial charge is 0.401 e. The molecule has 0 aromatic rings. The minimum atomic E-state index is -0.0902. The summed E-state index contributed by atoms with van der Waals surface area (Å²) in [5, 5.41) is 0. The van der Waals surface area contributed by atoms with Gasteiger partial charge in [-0.05, 0) is 49.4 Å². The first-order valence-electron chi connectivity index (χ1n) is 7.91. The largest absolute Gasteiger partial charge is 0.521 e. The zero-order valence-corrected chi connectivity index (χ0v) is 13.1. The van der Waals surface area contributed by atoms with Crippen LogP contribution in [0.25, 0.3) is 0 Å². The zero-order chi connectivity index (χ0) is 14.0.